The van der Waals surface area contributed by atoms with E-state index in [1.807, 2.05) is 12.1 Å². The maximum absolute atomic E-state index is 8.99. The monoisotopic (exact) mass is 260 g/mol. The zero-order valence-corrected chi connectivity index (χ0v) is 9.33. The number of rotatable bonds is 5. The van der Waals surface area contributed by atoms with Crippen molar-refractivity contribution in [1.29, 1.82) is 0 Å². The number of aliphatic hydroxyl groups excluding tert-OH is 2. The highest BCUT2D eigenvalue weighted by atomic mass is 79.9. The van der Waals surface area contributed by atoms with Gasteiger partial charge in [-0.2, -0.15) is 0 Å². The topological polar surface area (TPSA) is 49.7 Å². The van der Waals surface area contributed by atoms with Crippen molar-refractivity contribution in [3.63, 3.8) is 0 Å². The molecule has 0 saturated heterocycles. The Morgan fingerprint density at radius 1 is 1.29 bits per heavy atom. The van der Waals surface area contributed by atoms with Gasteiger partial charge in [0.25, 0.3) is 0 Å². The number of halogens is 1. The smallest absolute Gasteiger partial charge is 0.119 e. The zero-order chi connectivity index (χ0) is 10.4. The Morgan fingerprint density at radius 3 is 2.71 bits per heavy atom. The summed E-state index contributed by atoms with van der Waals surface area (Å²) >= 11 is 3.32. The fourth-order valence-corrected chi connectivity index (χ4v) is 1.39. The lowest BCUT2D eigenvalue weighted by atomic mass is 10.2. The lowest BCUT2D eigenvalue weighted by molar-refractivity contribution is 0.232. The highest BCUT2D eigenvalue weighted by Crippen LogP contribution is 2.22. The third-order valence-electron chi connectivity index (χ3n) is 1.76. The molecule has 78 valence electrons. The highest BCUT2D eigenvalue weighted by Gasteiger charge is 2.00. The molecule has 3 nitrogen and oxygen atoms in total. The Bertz CT molecular complexity index is 289. The van der Waals surface area contributed by atoms with Crippen LogP contribution in [0.2, 0.25) is 0 Å². The summed E-state index contributed by atoms with van der Waals surface area (Å²) in [5, 5.41) is 17.6. The number of ether oxygens (including phenoxy) is 1. The molecule has 1 aromatic rings. The molecule has 0 atom stereocenters. The van der Waals surface area contributed by atoms with Crippen molar-refractivity contribution < 1.29 is 14.9 Å². The van der Waals surface area contributed by atoms with Gasteiger partial charge in [0.2, 0.25) is 0 Å². The first kappa shape index (κ1) is 11.5. The molecular weight excluding hydrogens is 248 g/mol. The number of hydrogen-bond acceptors (Lipinski definition) is 3. The largest absolute Gasteiger partial charge is 0.493 e. The number of hydrogen-bond donors (Lipinski definition) is 2. The lowest BCUT2D eigenvalue weighted by Crippen LogP contribution is -2.00. The molecule has 4 heteroatoms. The Hall–Kier alpha value is -0.580. The average Bonchev–Trinajstić information content (AvgIpc) is 2.21. The van der Waals surface area contributed by atoms with Crippen molar-refractivity contribution >= 4 is 15.9 Å². The summed E-state index contributed by atoms with van der Waals surface area (Å²) < 4.78 is 6.22. The van der Waals surface area contributed by atoms with E-state index in [1.165, 1.54) is 0 Å². The highest BCUT2D eigenvalue weighted by molar-refractivity contribution is 9.10. The molecule has 0 aliphatic heterocycles. The molecule has 0 amide bonds. The molecular formula is C10H13BrO3. The maximum Gasteiger partial charge on any atom is 0.119 e. The zero-order valence-electron chi connectivity index (χ0n) is 7.74. The van der Waals surface area contributed by atoms with Crippen molar-refractivity contribution in [1.82, 2.24) is 0 Å². The minimum absolute atomic E-state index is 0.0161. The third-order valence-corrected chi connectivity index (χ3v) is 2.53. The molecule has 0 fully saturated rings. The molecule has 0 saturated carbocycles. The van der Waals surface area contributed by atoms with Crippen LogP contribution in [-0.4, -0.2) is 23.4 Å². The first-order valence-corrected chi connectivity index (χ1v) is 5.20. The standard InChI is InChI=1S/C10H13BrO3/c11-10-3-2-9(6-8(10)7-13)14-5-1-4-12/h2-3,6,12-13H,1,4-5,7H2. The van der Waals surface area contributed by atoms with Crippen LogP contribution in [0.3, 0.4) is 0 Å². The molecule has 0 bridgehead atoms. The van der Waals surface area contributed by atoms with Gasteiger partial charge in [-0.1, -0.05) is 15.9 Å². The Morgan fingerprint density at radius 2 is 2.07 bits per heavy atom. The van der Waals surface area contributed by atoms with Gasteiger partial charge in [-0.3, -0.25) is 0 Å². The molecule has 0 heterocycles. The first-order valence-electron chi connectivity index (χ1n) is 4.41. The predicted octanol–water partition coefficient (Wildman–Crippen LogP) is 1.70. The summed E-state index contributed by atoms with van der Waals surface area (Å²) in [6, 6.07) is 5.43. The molecule has 0 aromatic heterocycles. The summed E-state index contributed by atoms with van der Waals surface area (Å²) in [5.74, 6) is 0.714. The van der Waals surface area contributed by atoms with Gasteiger partial charge in [0.15, 0.2) is 0 Å². The van der Waals surface area contributed by atoms with Gasteiger partial charge >= 0.3 is 0 Å². The van der Waals surface area contributed by atoms with E-state index in [1.54, 1.807) is 6.07 Å². The quantitative estimate of drug-likeness (QED) is 0.793. The summed E-state index contributed by atoms with van der Waals surface area (Å²) in [6.07, 6.45) is 0.616. The Kier molecular flexibility index (Phi) is 4.93. The van der Waals surface area contributed by atoms with E-state index in [2.05, 4.69) is 15.9 Å². The number of benzene rings is 1. The first-order chi connectivity index (χ1) is 6.77. The van der Waals surface area contributed by atoms with E-state index in [4.69, 9.17) is 14.9 Å². The van der Waals surface area contributed by atoms with E-state index in [-0.39, 0.29) is 13.2 Å². The molecule has 2 N–H and O–H groups in total. The van der Waals surface area contributed by atoms with Crippen molar-refractivity contribution in [3.8, 4) is 5.75 Å². The van der Waals surface area contributed by atoms with Crippen molar-refractivity contribution in [2.24, 2.45) is 0 Å². The lowest BCUT2D eigenvalue weighted by Gasteiger charge is -2.07. The second kappa shape index (κ2) is 6.01. The minimum Gasteiger partial charge on any atom is -0.493 e. The van der Waals surface area contributed by atoms with Crippen molar-refractivity contribution in [2.75, 3.05) is 13.2 Å². The van der Waals surface area contributed by atoms with E-state index >= 15 is 0 Å². The predicted molar refractivity (Wildman–Crippen MR) is 57.3 cm³/mol. The van der Waals surface area contributed by atoms with Gasteiger partial charge in [-0.15, -0.1) is 0 Å². The minimum atomic E-state index is -0.0161. The van der Waals surface area contributed by atoms with Gasteiger partial charge in [-0.05, 0) is 23.8 Å². The van der Waals surface area contributed by atoms with Crippen LogP contribution in [0.1, 0.15) is 12.0 Å². The van der Waals surface area contributed by atoms with Crippen LogP contribution in [0.5, 0.6) is 5.75 Å². The molecule has 0 aliphatic carbocycles. The van der Waals surface area contributed by atoms with Crippen LogP contribution in [-0.2, 0) is 6.61 Å². The van der Waals surface area contributed by atoms with Gasteiger partial charge in [-0.25, -0.2) is 0 Å². The summed E-state index contributed by atoms with van der Waals surface area (Å²) in [5.41, 5.74) is 0.798. The number of aliphatic hydroxyl groups is 2. The van der Waals surface area contributed by atoms with Crippen LogP contribution in [0, 0.1) is 0 Å². The molecule has 0 spiro atoms. The van der Waals surface area contributed by atoms with Crippen LogP contribution < -0.4 is 4.74 Å². The second-order valence-corrected chi connectivity index (χ2v) is 3.69. The maximum atomic E-state index is 8.99. The van der Waals surface area contributed by atoms with E-state index < -0.39 is 0 Å². The molecule has 1 aromatic carbocycles. The van der Waals surface area contributed by atoms with Crippen molar-refractivity contribution in [3.05, 3.63) is 28.2 Å². The van der Waals surface area contributed by atoms with E-state index in [9.17, 15) is 0 Å². The van der Waals surface area contributed by atoms with Gasteiger partial charge in [0.1, 0.15) is 5.75 Å². The molecule has 0 radical (unpaired) electrons. The normalized spacial score (nSPS) is 10.2. The Balaban J connectivity index is 2.60. The van der Waals surface area contributed by atoms with Gasteiger partial charge < -0.3 is 14.9 Å². The SMILES string of the molecule is OCCCOc1ccc(Br)c(CO)c1. The second-order valence-electron chi connectivity index (χ2n) is 2.84. The molecule has 0 aliphatic rings. The van der Waals surface area contributed by atoms with E-state index in [0.717, 1.165) is 10.0 Å². The fourth-order valence-electron chi connectivity index (χ4n) is 1.02. The Labute approximate surface area is 91.5 Å². The van der Waals surface area contributed by atoms with Crippen LogP contribution >= 0.6 is 15.9 Å². The fraction of sp³-hybridized carbons (Fsp3) is 0.400. The van der Waals surface area contributed by atoms with Crippen LogP contribution in [0.25, 0.3) is 0 Å². The van der Waals surface area contributed by atoms with Crippen molar-refractivity contribution in [2.45, 2.75) is 13.0 Å². The summed E-state index contributed by atoms with van der Waals surface area (Å²) in [4.78, 5) is 0. The average molecular weight is 261 g/mol. The summed E-state index contributed by atoms with van der Waals surface area (Å²) in [6.45, 7) is 0.601. The van der Waals surface area contributed by atoms with Crippen LogP contribution in [0.15, 0.2) is 22.7 Å². The third kappa shape index (κ3) is 3.29. The molecule has 0 unspecified atom stereocenters. The van der Waals surface area contributed by atoms with Gasteiger partial charge in [0, 0.05) is 17.5 Å². The molecule has 1 rings (SSSR count). The molecule has 14 heavy (non-hydrogen) atoms. The summed E-state index contributed by atoms with van der Waals surface area (Å²) in [7, 11) is 0. The van der Waals surface area contributed by atoms with Gasteiger partial charge in [0.05, 0.1) is 13.2 Å². The van der Waals surface area contributed by atoms with E-state index in [0.29, 0.717) is 18.8 Å². The van der Waals surface area contributed by atoms with Crippen LogP contribution in [0.4, 0.5) is 0 Å².